The molecule has 7 atom stereocenters. The average Bonchev–Trinajstić information content (AvgIpc) is 2.90. The van der Waals surface area contributed by atoms with Gasteiger partial charge < -0.3 is 9.84 Å². The van der Waals surface area contributed by atoms with Gasteiger partial charge in [0.1, 0.15) is 6.10 Å². The third kappa shape index (κ3) is 3.91. The highest BCUT2D eigenvalue weighted by molar-refractivity contribution is 5.89. The molecule has 1 aromatic carbocycles. The van der Waals surface area contributed by atoms with Gasteiger partial charge >= 0.3 is 11.9 Å². The van der Waals surface area contributed by atoms with E-state index >= 15 is 0 Å². The second-order valence-electron chi connectivity index (χ2n) is 16.4. The Morgan fingerprint density at radius 2 is 1.54 bits per heavy atom. The van der Waals surface area contributed by atoms with E-state index in [0.29, 0.717) is 17.4 Å². The molecule has 0 unspecified atom stereocenters. The molecule has 0 spiro atoms. The molecule has 222 valence electrons. The van der Waals surface area contributed by atoms with Gasteiger partial charge in [0, 0.05) is 5.41 Å². The fraction of sp³-hybridized carbons (Fsp3) is 0.676. The van der Waals surface area contributed by atoms with Crippen LogP contribution in [0.3, 0.4) is 0 Å². The number of carboxylic acids is 1. The predicted molar refractivity (Wildman–Crippen MR) is 162 cm³/mol. The van der Waals surface area contributed by atoms with Crippen LogP contribution in [0.5, 0.6) is 0 Å². The number of allylic oxidation sites excluding steroid dienone is 3. The molecule has 3 fully saturated rings. The quantitative estimate of drug-likeness (QED) is 0.376. The molecular weight excluding hydrogens is 508 g/mol. The van der Waals surface area contributed by atoms with Gasteiger partial charge in [-0.25, -0.2) is 4.79 Å². The Balaban J connectivity index is 1.37. The van der Waals surface area contributed by atoms with E-state index < -0.39 is 11.4 Å². The van der Waals surface area contributed by atoms with Crippen molar-refractivity contribution in [2.24, 2.45) is 44.3 Å². The van der Waals surface area contributed by atoms with Crippen LogP contribution in [-0.4, -0.2) is 23.1 Å². The Kier molecular flexibility index (Phi) is 6.36. The maximum Gasteiger partial charge on any atom is 0.338 e. The lowest BCUT2D eigenvalue weighted by Gasteiger charge is -2.69. The minimum atomic E-state index is -0.693. The summed E-state index contributed by atoms with van der Waals surface area (Å²) in [5.41, 5.74) is 2.63. The number of esters is 1. The van der Waals surface area contributed by atoms with E-state index in [4.69, 9.17) is 4.74 Å². The zero-order valence-corrected chi connectivity index (χ0v) is 26.3. The van der Waals surface area contributed by atoms with Crippen LogP contribution in [0.1, 0.15) is 117 Å². The smallest absolute Gasteiger partial charge is 0.338 e. The Morgan fingerprint density at radius 3 is 2.22 bits per heavy atom. The maximum absolute atomic E-state index is 13.1. The summed E-state index contributed by atoms with van der Waals surface area (Å²) in [6.07, 6.45) is 13.2. The van der Waals surface area contributed by atoms with Gasteiger partial charge in [-0.05, 0) is 115 Å². The Morgan fingerprint density at radius 1 is 0.854 bits per heavy atom. The molecule has 41 heavy (non-hydrogen) atoms. The highest BCUT2D eigenvalue weighted by atomic mass is 16.5. The topological polar surface area (TPSA) is 63.6 Å². The minimum absolute atomic E-state index is 0.0388. The van der Waals surface area contributed by atoms with Crippen molar-refractivity contribution in [3.05, 3.63) is 59.2 Å². The van der Waals surface area contributed by atoms with Gasteiger partial charge in [0.05, 0.1) is 11.0 Å². The summed E-state index contributed by atoms with van der Waals surface area (Å²) in [6.45, 7) is 16.8. The number of carbonyl (C=O) groups excluding carboxylic acids is 1. The first-order valence-electron chi connectivity index (χ1n) is 16.0. The van der Waals surface area contributed by atoms with E-state index in [1.807, 2.05) is 30.3 Å². The number of rotatable bonds is 3. The van der Waals surface area contributed by atoms with E-state index in [2.05, 4.69) is 60.6 Å². The van der Waals surface area contributed by atoms with Crippen LogP contribution in [0.15, 0.2) is 53.6 Å². The average molecular weight is 559 g/mol. The van der Waals surface area contributed by atoms with Crippen molar-refractivity contribution >= 4 is 11.9 Å². The molecule has 4 nitrogen and oxygen atoms in total. The van der Waals surface area contributed by atoms with Crippen molar-refractivity contribution in [2.75, 3.05) is 0 Å². The van der Waals surface area contributed by atoms with Crippen LogP contribution in [0.4, 0.5) is 0 Å². The van der Waals surface area contributed by atoms with Gasteiger partial charge in [-0.15, -0.1) is 0 Å². The molecular formula is C37H50O4. The molecule has 0 saturated heterocycles. The Bertz CT molecular complexity index is 1320. The van der Waals surface area contributed by atoms with Gasteiger partial charge in [-0.1, -0.05) is 78.8 Å². The van der Waals surface area contributed by atoms with Crippen molar-refractivity contribution in [1.82, 2.24) is 0 Å². The summed E-state index contributed by atoms with van der Waals surface area (Å²) in [7, 11) is 0. The monoisotopic (exact) mass is 558 g/mol. The SMILES string of the molecule is CC1(C)CC[C@]2(C(=O)O)CC[C@]3(C)C(=C2C1)C=C[C@@H]1[C@@]2(C)CC[C@H](OC(=O)c4ccccc4)C(C)(C)[C@@H]2CC[C@]13C. The highest BCUT2D eigenvalue weighted by Gasteiger charge is 2.67. The molecule has 5 aliphatic rings. The molecule has 0 radical (unpaired) electrons. The number of benzene rings is 1. The third-order valence-corrected chi connectivity index (χ3v) is 13.6. The Hall–Kier alpha value is -2.36. The van der Waals surface area contributed by atoms with Gasteiger partial charge in [-0.2, -0.15) is 0 Å². The van der Waals surface area contributed by atoms with Crippen molar-refractivity contribution < 1.29 is 19.4 Å². The third-order valence-electron chi connectivity index (χ3n) is 13.6. The number of ether oxygens (including phenoxy) is 1. The molecule has 1 aromatic rings. The first-order chi connectivity index (χ1) is 19.1. The molecule has 5 aliphatic carbocycles. The first-order valence-corrected chi connectivity index (χ1v) is 16.0. The fourth-order valence-electron chi connectivity index (χ4n) is 10.9. The lowest BCUT2D eigenvalue weighted by Crippen LogP contribution is -2.63. The van der Waals surface area contributed by atoms with E-state index in [1.165, 1.54) is 11.1 Å². The molecule has 6 rings (SSSR count). The van der Waals surface area contributed by atoms with Crippen LogP contribution in [-0.2, 0) is 9.53 Å². The summed E-state index contributed by atoms with van der Waals surface area (Å²) in [6, 6.07) is 9.38. The largest absolute Gasteiger partial charge is 0.481 e. The fourth-order valence-corrected chi connectivity index (χ4v) is 10.9. The van der Waals surface area contributed by atoms with Gasteiger partial charge in [0.15, 0.2) is 0 Å². The summed E-state index contributed by atoms with van der Waals surface area (Å²) in [4.78, 5) is 26.0. The first kappa shape index (κ1) is 28.7. The van der Waals surface area contributed by atoms with Crippen molar-refractivity contribution in [3.63, 3.8) is 0 Å². The van der Waals surface area contributed by atoms with Crippen molar-refractivity contribution in [2.45, 2.75) is 112 Å². The zero-order valence-electron chi connectivity index (χ0n) is 26.3. The Labute approximate surface area is 247 Å². The molecule has 4 heteroatoms. The molecule has 0 aliphatic heterocycles. The standard InChI is InChI=1S/C37H50O4/c1-32(2)19-21-37(31(39)40)22-20-35(6)25(26(37)23-32)13-14-28-34(5)17-16-29(41-30(38)24-11-9-8-10-12-24)33(3,4)27(34)15-18-36(28,35)7/h8-14,27-29H,15-23H2,1-7H3,(H,39,40)/t27-,28+,29-,34-,35+,36+,37-/m0/s1. The number of fused-ring (bicyclic) bond motifs is 6. The van der Waals surface area contributed by atoms with E-state index in [1.54, 1.807) is 0 Å². The van der Waals surface area contributed by atoms with Gasteiger partial charge in [-0.3, -0.25) is 4.79 Å². The number of carbonyl (C=O) groups is 2. The predicted octanol–water partition coefficient (Wildman–Crippen LogP) is 9.02. The van der Waals surface area contributed by atoms with E-state index in [0.717, 1.165) is 57.8 Å². The zero-order chi connectivity index (χ0) is 29.6. The molecule has 0 bridgehead atoms. The number of hydrogen-bond donors (Lipinski definition) is 1. The highest BCUT2D eigenvalue weighted by Crippen LogP contribution is 2.74. The summed E-state index contributed by atoms with van der Waals surface area (Å²) < 4.78 is 6.25. The molecule has 3 saturated carbocycles. The lowest BCUT2D eigenvalue weighted by molar-refractivity contribution is -0.184. The number of carboxylic acid groups (broad SMARTS) is 1. The van der Waals surface area contributed by atoms with Crippen LogP contribution in [0.2, 0.25) is 0 Å². The van der Waals surface area contributed by atoms with Crippen LogP contribution in [0, 0.1) is 44.3 Å². The van der Waals surface area contributed by atoms with Crippen molar-refractivity contribution in [3.8, 4) is 0 Å². The number of aliphatic carboxylic acids is 1. The maximum atomic E-state index is 13.1. The van der Waals surface area contributed by atoms with Crippen molar-refractivity contribution in [1.29, 1.82) is 0 Å². The second kappa shape index (κ2) is 9.07. The van der Waals surface area contributed by atoms with Crippen LogP contribution in [0.25, 0.3) is 0 Å². The summed E-state index contributed by atoms with van der Waals surface area (Å²) in [5, 5.41) is 10.6. The molecule has 1 N–H and O–H groups in total. The van der Waals surface area contributed by atoms with Crippen LogP contribution >= 0.6 is 0 Å². The minimum Gasteiger partial charge on any atom is -0.481 e. The molecule has 0 amide bonds. The second-order valence-corrected chi connectivity index (χ2v) is 16.4. The van der Waals surface area contributed by atoms with Crippen LogP contribution < -0.4 is 0 Å². The molecule has 0 heterocycles. The normalized spacial score (nSPS) is 42.3. The number of hydrogen-bond acceptors (Lipinski definition) is 3. The summed E-state index contributed by atoms with van der Waals surface area (Å²) >= 11 is 0. The lowest BCUT2D eigenvalue weighted by atomic mass is 9.35. The molecule has 0 aromatic heterocycles. The van der Waals surface area contributed by atoms with E-state index in [-0.39, 0.29) is 39.1 Å². The van der Waals surface area contributed by atoms with Gasteiger partial charge in [0.25, 0.3) is 0 Å². The van der Waals surface area contributed by atoms with Gasteiger partial charge in [0.2, 0.25) is 0 Å². The summed E-state index contributed by atoms with van der Waals surface area (Å²) in [5.74, 6) is 0.0167. The van der Waals surface area contributed by atoms with E-state index in [9.17, 15) is 14.7 Å².